The molecule has 0 atom stereocenters. The van der Waals surface area contributed by atoms with Gasteiger partial charge in [-0.25, -0.2) is 0 Å². The summed E-state index contributed by atoms with van der Waals surface area (Å²) in [5.41, 5.74) is 9.56. The van der Waals surface area contributed by atoms with Crippen LogP contribution in [0.2, 0.25) is 0 Å². The first-order valence-corrected chi connectivity index (χ1v) is 8.78. The smallest absolute Gasteiger partial charge is 0.272 e. The molecule has 7 heteroatoms. The van der Waals surface area contributed by atoms with Crippen LogP contribution in [0.5, 0.6) is 0 Å². The van der Waals surface area contributed by atoms with E-state index in [-0.39, 0.29) is 11.9 Å². The van der Waals surface area contributed by atoms with Crippen molar-refractivity contribution in [1.82, 2.24) is 25.4 Å². The molecule has 4 N–H and O–H groups in total. The Hall–Kier alpha value is -2.93. The van der Waals surface area contributed by atoms with E-state index in [4.69, 9.17) is 5.73 Å². The molecule has 134 valence electrons. The molecule has 2 aromatic heterocycles. The molecule has 0 saturated carbocycles. The van der Waals surface area contributed by atoms with Crippen molar-refractivity contribution in [3.63, 3.8) is 0 Å². The number of pyridine rings is 1. The number of likely N-dealkylation sites (tertiary alicyclic amines) is 1. The highest BCUT2D eigenvalue weighted by Crippen LogP contribution is 2.26. The third-order valence-electron chi connectivity index (χ3n) is 4.92. The fraction of sp³-hybridized carbons (Fsp3) is 0.316. The lowest BCUT2D eigenvalue weighted by molar-refractivity contribution is 0.0913. The SMILES string of the molecule is CN1CCC(NC(=O)c2n[nH]c3ccc(-c4cncc(N)c4)cc23)CC1. The number of benzene rings is 1. The van der Waals surface area contributed by atoms with Gasteiger partial charge in [0.2, 0.25) is 0 Å². The topological polar surface area (TPSA) is 99.9 Å². The molecular formula is C19H22N6O. The molecule has 0 aliphatic carbocycles. The van der Waals surface area contributed by atoms with Crippen molar-refractivity contribution in [3.05, 3.63) is 42.4 Å². The minimum absolute atomic E-state index is 0.131. The third kappa shape index (κ3) is 3.25. The number of H-pyrrole nitrogens is 1. The van der Waals surface area contributed by atoms with Crippen molar-refractivity contribution in [2.75, 3.05) is 25.9 Å². The predicted molar refractivity (Wildman–Crippen MR) is 102 cm³/mol. The number of amides is 1. The molecule has 1 aliphatic rings. The van der Waals surface area contributed by atoms with Gasteiger partial charge < -0.3 is 16.0 Å². The molecule has 0 radical (unpaired) electrons. The van der Waals surface area contributed by atoms with Crippen LogP contribution in [0.25, 0.3) is 22.0 Å². The maximum atomic E-state index is 12.7. The first kappa shape index (κ1) is 16.5. The molecule has 7 nitrogen and oxygen atoms in total. The Bertz CT molecular complexity index is 942. The van der Waals surface area contributed by atoms with Crippen molar-refractivity contribution in [1.29, 1.82) is 0 Å². The van der Waals surface area contributed by atoms with Crippen LogP contribution in [-0.4, -0.2) is 52.2 Å². The Morgan fingerprint density at radius 2 is 2.04 bits per heavy atom. The Labute approximate surface area is 151 Å². The highest BCUT2D eigenvalue weighted by Gasteiger charge is 2.21. The van der Waals surface area contributed by atoms with Crippen LogP contribution in [-0.2, 0) is 0 Å². The molecule has 1 amide bonds. The Balaban J connectivity index is 1.61. The number of rotatable bonds is 3. The van der Waals surface area contributed by atoms with Crippen LogP contribution >= 0.6 is 0 Å². The summed E-state index contributed by atoms with van der Waals surface area (Å²) in [4.78, 5) is 19.1. The largest absolute Gasteiger partial charge is 0.397 e. The number of hydrogen-bond acceptors (Lipinski definition) is 5. The zero-order chi connectivity index (χ0) is 18.1. The zero-order valence-electron chi connectivity index (χ0n) is 14.7. The van der Waals surface area contributed by atoms with Crippen LogP contribution in [0, 0.1) is 0 Å². The lowest BCUT2D eigenvalue weighted by atomic mass is 10.0. The molecule has 4 rings (SSSR count). The van der Waals surface area contributed by atoms with Gasteiger partial charge in [-0.3, -0.25) is 14.9 Å². The van der Waals surface area contributed by atoms with Gasteiger partial charge >= 0.3 is 0 Å². The molecule has 1 saturated heterocycles. The highest BCUT2D eigenvalue weighted by molar-refractivity contribution is 6.05. The summed E-state index contributed by atoms with van der Waals surface area (Å²) in [5.74, 6) is -0.131. The molecule has 1 aromatic carbocycles. The van der Waals surface area contributed by atoms with Crippen molar-refractivity contribution in [2.24, 2.45) is 0 Å². The number of nitrogens with one attached hydrogen (secondary N) is 2. The number of carbonyl (C=O) groups excluding carboxylic acids is 1. The predicted octanol–water partition coefficient (Wildman–Crippen LogP) is 2.03. The second-order valence-corrected chi connectivity index (χ2v) is 6.89. The number of nitrogen functional groups attached to an aromatic ring is 1. The number of aromatic nitrogens is 3. The van der Waals surface area contributed by atoms with Crippen molar-refractivity contribution < 1.29 is 4.79 Å². The summed E-state index contributed by atoms with van der Waals surface area (Å²) >= 11 is 0. The molecule has 1 aliphatic heterocycles. The van der Waals surface area contributed by atoms with E-state index >= 15 is 0 Å². The van der Waals surface area contributed by atoms with E-state index in [2.05, 4.69) is 32.4 Å². The van der Waals surface area contributed by atoms with E-state index in [1.807, 2.05) is 24.3 Å². The molecule has 0 unspecified atom stereocenters. The maximum Gasteiger partial charge on any atom is 0.272 e. The highest BCUT2D eigenvalue weighted by atomic mass is 16.2. The number of aromatic amines is 1. The van der Waals surface area contributed by atoms with Crippen LogP contribution in [0.3, 0.4) is 0 Å². The van der Waals surface area contributed by atoms with Gasteiger partial charge in [-0.05, 0) is 56.7 Å². The summed E-state index contributed by atoms with van der Waals surface area (Å²) in [6.45, 7) is 2.00. The third-order valence-corrected chi connectivity index (χ3v) is 4.92. The molecule has 1 fully saturated rings. The standard InChI is InChI=1S/C19H22N6O/c1-25-6-4-15(5-7-25)22-19(26)18-16-9-12(2-3-17(16)23-24-18)13-8-14(20)11-21-10-13/h2-3,8-11,15H,4-7,20H2,1H3,(H,22,26)(H,23,24). The molecular weight excluding hydrogens is 328 g/mol. The van der Waals surface area contributed by atoms with E-state index in [1.165, 1.54) is 0 Å². The Kier molecular flexibility index (Phi) is 4.30. The molecule has 0 bridgehead atoms. The number of anilines is 1. The van der Waals surface area contributed by atoms with Gasteiger partial charge in [0.05, 0.1) is 11.2 Å². The average molecular weight is 350 g/mol. The van der Waals surface area contributed by atoms with Gasteiger partial charge in [-0.2, -0.15) is 5.10 Å². The van der Waals surface area contributed by atoms with E-state index in [1.54, 1.807) is 12.4 Å². The molecule has 26 heavy (non-hydrogen) atoms. The van der Waals surface area contributed by atoms with Gasteiger partial charge in [-0.15, -0.1) is 0 Å². The van der Waals surface area contributed by atoms with Gasteiger partial charge in [-0.1, -0.05) is 6.07 Å². The summed E-state index contributed by atoms with van der Waals surface area (Å²) < 4.78 is 0. The van der Waals surface area contributed by atoms with E-state index < -0.39 is 0 Å². The Morgan fingerprint density at radius 3 is 2.81 bits per heavy atom. The zero-order valence-corrected chi connectivity index (χ0v) is 14.7. The summed E-state index contributed by atoms with van der Waals surface area (Å²) in [7, 11) is 2.10. The maximum absolute atomic E-state index is 12.7. The lowest BCUT2D eigenvalue weighted by Crippen LogP contribution is -2.43. The molecule has 0 spiro atoms. The van der Waals surface area contributed by atoms with Crippen LogP contribution in [0.4, 0.5) is 5.69 Å². The van der Waals surface area contributed by atoms with E-state index in [0.29, 0.717) is 11.4 Å². The van der Waals surface area contributed by atoms with E-state index in [9.17, 15) is 4.79 Å². The number of fused-ring (bicyclic) bond motifs is 1. The second kappa shape index (κ2) is 6.76. The average Bonchev–Trinajstić information content (AvgIpc) is 3.07. The van der Waals surface area contributed by atoms with Crippen molar-refractivity contribution >= 4 is 22.5 Å². The number of hydrogen-bond donors (Lipinski definition) is 3. The number of carbonyl (C=O) groups is 1. The van der Waals surface area contributed by atoms with Gasteiger partial charge in [0, 0.05) is 29.4 Å². The molecule has 3 aromatic rings. The first-order chi connectivity index (χ1) is 12.6. The van der Waals surface area contributed by atoms with Crippen molar-refractivity contribution in [2.45, 2.75) is 18.9 Å². The number of nitrogens with zero attached hydrogens (tertiary/aromatic N) is 3. The fourth-order valence-corrected chi connectivity index (χ4v) is 3.39. The van der Waals surface area contributed by atoms with Gasteiger partial charge in [0.15, 0.2) is 5.69 Å². The summed E-state index contributed by atoms with van der Waals surface area (Å²) in [6, 6.07) is 7.92. The van der Waals surface area contributed by atoms with Crippen molar-refractivity contribution in [3.8, 4) is 11.1 Å². The number of piperidine rings is 1. The fourth-order valence-electron chi connectivity index (χ4n) is 3.39. The minimum Gasteiger partial charge on any atom is -0.397 e. The van der Waals surface area contributed by atoms with Gasteiger partial charge in [0.1, 0.15) is 0 Å². The quantitative estimate of drug-likeness (QED) is 0.671. The lowest BCUT2D eigenvalue weighted by Gasteiger charge is -2.29. The molecule has 3 heterocycles. The first-order valence-electron chi connectivity index (χ1n) is 8.78. The Morgan fingerprint density at radius 1 is 1.23 bits per heavy atom. The van der Waals surface area contributed by atoms with Crippen LogP contribution in [0.1, 0.15) is 23.3 Å². The normalized spacial score (nSPS) is 16.0. The van der Waals surface area contributed by atoms with Gasteiger partial charge in [0.25, 0.3) is 5.91 Å². The summed E-state index contributed by atoms with van der Waals surface area (Å²) in [6.07, 6.45) is 5.30. The number of nitrogens with two attached hydrogens (primary N) is 1. The summed E-state index contributed by atoms with van der Waals surface area (Å²) in [5, 5.41) is 11.1. The van der Waals surface area contributed by atoms with Crippen LogP contribution < -0.4 is 11.1 Å². The van der Waals surface area contributed by atoms with E-state index in [0.717, 1.165) is 48.0 Å². The second-order valence-electron chi connectivity index (χ2n) is 6.89. The minimum atomic E-state index is -0.131. The monoisotopic (exact) mass is 350 g/mol. The van der Waals surface area contributed by atoms with Crippen LogP contribution in [0.15, 0.2) is 36.7 Å².